The van der Waals surface area contributed by atoms with Crippen molar-refractivity contribution in [2.45, 2.75) is 44.2 Å². The van der Waals surface area contributed by atoms with Gasteiger partial charge in [-0.1, -0.05) is 12.8 Å². The summed E-state index contributed by atoms with van der Waals surface area (Å²) in [6, 6.07) is 0.275. The molecule has 0 bridgehead atoms. The number of hydrogen-bond acceptors (Lipinski definition) is 4. The largest absolute Gasteiger partial charge is 0.381 e. The van der Waals surface area contributed by atoms with E-state index in [2.05, 4.69) is 5.32 Å². The van der Waals surface area contributed by atoms with Crippen LogP contribution in [-0.2, 0) is 14.4 Å². The number of nitrogens with zero attached hydrogens (tertiary/aromatic N) is 1. The van der Waals surface area contributed by atoms with E-state index in [1.165, 1.54) is 0 Å². The summed E-state index contributed by atoms with van der Waals surface area (Å²) in [4.78, 5) is 36.3. The summed E-state index contributed by atoms with van der Waals surface area (Å²) in [6.07, 6.45) is 3.12. The minimum absolute atomic E-state index is 0.0208. The van der Waals surface area contributed by atoms with Crippen molar-refractivity contribution in [2.24, 2.45) is 11.7 Å². The van der Waals surface area contributed by atoms with Crippen molar-refractivity contribution in [3.63, 3.8) is 0 Å². The Hall–Kier alpha value is -1.63. The highest BCUT2D eigenvalue weighted by atomic mass is 16.3. The van der Waals surface area contributed by atoms with E-state index in [0.29, 0.717) is 6.54 Å². The maximum Gasteiger partial charge on any atom is 0.248 e. The number of carbonyl (C=O) groups excluding carboxylic acids is 3. The van der Waals surface area contributed by atoms with Gasteiger partial charge >= 0.3 is 0 Å². The fourth-order valence-electron chi connectivity index (χ4n) is 2.92. The first-order chi connectivity index (χ1) is 9.49. The second-order valence-electron chi connectivity index (χ2n) is 5.55. The molecule has 1 heterocycles. The van der Waals surface area contributed by atoms with E-state index in [0.717, 1.165) is 25.7 Å². The van der Waals surface area contributed by atoms with Crippen molar-refractivity contribution in [1.29, 1.82) is 0 Å². The van der Waals surface area contributed by atoms with Gasteiger partial charge < -0.3 is 21.1 Å². The minimum Gasteiger partial charge on any atom is -0.381 e. The van der Waals surface area contributed by atoms with Crippen LogP contribution in [0.25, 0.3) is 0 Å². The van der Waals surface area contributed by atoms with Gasteiger partial charge in [0.25, 0.3) is 0 Å². The van der Waals surface area contributed by atoms with E-state index in [4.69, 9.17) is 5.73 Å². The van der Waals surface area contributed by atoms with Gasteiger partial charge in [0, 0.05) is 19.0 Å². The Morgan fingerprint density at radius 1 is 1.40 bits per heavy atom. The summed E-state index contributed by atoms with van der Waals surface area (Å²) in [5.41, 5.74) is 4.90. The molecule has 20 heavy (non-hydrogen) atoms. The lowest BCUT2D eigenvalue weighted by Crippen LogP contribution is -2.42. The van der Waals surface area contributed by atoms with Gasteiger partial charge in [-0.05, 0) is 12.8 Å². The van der Waals surface area contributed by atoms with E-state index >= 15 is 0 Å². The summed E-state index contributed by atoms with van der Waals surface area (Å²) in [5, 5.41) is 11.7. The van der Waals surface area contributed by atoms with Crippen LogP contribution < -0.4 is 11.1 Å². The Bertz CT molecular complexity index is 406. The monoisotopic (exact) mass is 283 g/mol. The highest BCUT2D eigenvalue weighted by Crippen LogP contribution is 2.29. The van der Waals surface area contributed by atoms with E-state index in [1.54, 1.807) is 0 Å². The number of aliphatic hydroxyl groups excluding tert-OH is 1. The normalized spacial score (nSPS) is 24.9. The van der Waals surface area contributed by atoms with Crippen LogP contribution in [0, 0.1) is 5.92 Å². The molecule has 7 nitrogen and oxygen atoms in total. The number of hydrogen-bond donors (Lipinski definition) is 3. The highest BCUT2D eigenvalue weighted by molar-refractivity contribution is 5.89. The van der Waals surface area contributed by atoms with Gasteiger partial charge in [0.1, 0.15) is 6.10 Å². The lowest BCUT2D eigenvalue weighted by Gasteiger charge is -2.23. The smallest absolute Gasteiger partial charge is 0.248 e. The van der Waals surface area contributed by atoms with Crippen molar-refractivity contribution in [1.82, 2.24) is 10.2 Å². The summed E-state index contributed by atoms with van der Waals surface area (Å²) < 4.78 is 0. The number of nitrogens with two attached hydrogens (primary N) is 1. The van der Waals surface area contributed by atoms with E-state index in [9.17, 15) is 19.5 Å². The average molecular weight is 283 g/mol. The van der Waals surface area contributed by atoms with Crippen LogP contribution in [0.3, 0.4) is 0 Å². The first-order valence-corrected chi connectivity index (χ1v) is 7.03. The molecule has 3 amide bonds. The van der Waals surface area contributed by atoms with Gasteiger partial charge in [-0.15, -0.1) is 0 Å². The van der Waals surface area contributed by atoms with Gasteiger partial charge in [-0.2, -0.15) is 0 Å². The molecule has 2 atom stereocenters. The molecule has 1 aliphatic carbocycles. The summed E-state index contributed by atoms with van der Waals surface area (Å²) >= 11 is 0. The minimum atomic E-state index is -1.39. The number of amides is 3. The maximum absolute atomic E-state index is 11.9. The zero-order valence-electron chi connectivity index (χ0n) is 11.4. The van der Waals surface area contributed by atoms with Gasteiger partial charge in [-0.25, -0.2) is 0 Å². The molecule has 1 saturated carbocycles. The van der Waals surface area contributed by atoms with E-state index in [-0.39, 0.29) is 30.8 Å². The number of aliphatic hydroxyl groups is 1. The fraction of sp³-hybridized carbons (Fsp3) is 0.769. The molecule has 0 aromatic heterocycles. The van der Waals surface area contributed by atoms with Crippen molar-refractivity contribution < 1.29 is 19.5 Å². The molecule has 112 valence electrons. The molecule has 4 N–H and O–H groups in total. The Labute approximate surface area is 117 Å². The van der Waals surface area contributed by atoms with Crippen molar-refractivity contribution >= 4 is 17.7 Å². The van der Waals surface area contributed by atoms with Crippen LogP contribution in [-0.4, -0.2) is 53.0 Å². The molecule has 2 fully saturated rings. The zero-order valence-corrected chi connectivity index (χ0v) is 11.4. The molecule has 2 rings (SSSR count). The topological polar surface area (TPSA) is 113 Å². The Balaban J connectivity index is 1.83. The number of rotatable bonds is 5. The average Bonchev–Trinajstić information content (AvgIpc) is 3.03. The van der Waals surface area contributed by atoms with Crippen LogP contribution >= 0.6 is 0 Å². The maximum atomic E-state index is 11.9. The molecular formula is C13H21N3O4. The summed E-state index contributed by atoms with van der Waals surface area (Å²) in [7, 11) is 0. The molecular weight excluding hydrogens is 262 g/mol. The first-order valence-electron chi connectivity index (χ1n) is 7.03. The number of nitrogens with one attached hydrogen (secondary N) is 1. The predicted octanol–water partition coefficient (Wildman–Crippen LogP) is -1.26. The van der Waals surface area contributed by atoms with Crippen LogP contribution in [0.2, 0.25) is 0 Å². The van der Waals surface area contributed by atoms with E-state index < -0.39 is 17.9 Å². The molecule has 0 aromatic rings. The fourth-order valence-corrected chi connectivity index (χ4v) is 2.92. The molecule has 7 heteroatoms. The van der Waals surface area contributed by atoms with Crippen LogP contribution in [0.15, 0.2) is 0 Å². The predicted molar refractivity (Wildman–Crippen MR) is 70.3 cm³/mol. The third-order valence-corrected chi connectivity index (χ3v) is 4.09. The van der Waals surface area contributed by atoms with Gasteiger partial charge in [0.05, 0.1) is 12.5 Å². The summed E-state index contributed by atoms with van der Waals surface area (Å²) in [5.74, 6) is -1.56. The lowest BCUT2D eigenvalue weighted by atomic mass is 10.1. The third-order valence-electron chi connectivity index (χ3n) is 4.09. The number of carbonyl (C=O) groups is 3. The quantitative estimate of drug-likeness (QED) is 0.584. The zero-order chi connectivity index (χ0) is 14.7. The molecule has 1 aliphatic heterocycles. The van der Waals surface area contributed by atoms with Crippen LogP contribution in [0.5, 0.6) is 0 Å². The molecule has 2 unspecified atom stereocenters. The Kier molecular flexibility index (Phi) is 4.59. The van der Waals surface area contributed by atoms with Crippen molar-refractivity contribution in [3.05, 3.63) is 0 Å². The number of likely N-dealkylation sites (tertiary alicyclic amines) is 1. The van der Waals surface area contributed by atoms with E-state index in [1.807, 2.05) is 4.90 Å². The Morgan fingerprint density at radius 2 is 2.05 bits per heavy atom. The van der Waals surface area contributed by atoms with Crippen molar-refractivity contribution in [2.75, 3.05) is 13.1 Å². The van der Waals surface area contributed by atoms with Gasteiger partial charge in [0.2, 0.25) is 17.7 Å². The summed E-state index contributed by atoms with van der Waals surface area (Å²) in [6.45, 7) is 0.226. The third kappa shape index (κ3) is 3.27. The number of primary amides is 1. The second-order valence-corrected chi connectivity index (χ2v) is 5.55. The second kappa shape index (κ2) is 6.21. The highest BCUT2D eigenvalue weighted by Gasteiger charge is 2.38. The molecule has 0 aromatic carbocycles. The standard InChI is InChI=1S/C13H21N3O4/c14-12(19)10(17)6-15-13(20)8-5-11(18)16(7-8)9-3-1-2-4-9/h8-10,17H,1-7H2,(H2,14,19)(H,15,20). The van der Waals surface area contributed by atoms with Crippen molar-refractivity contribution in [3.8, 4) is 0 Å². The van der Waals surface area contributed by atoms with Gasteiger partial charge in [-0.3, -0.25) is 14.4 Å². The molecule has 0 spiro atoms. The Morgan fingerprint density at radius 3 is 2.65 bits per heavy atom. The molecule has 2 aliphatic rings. The SMILES string of the molecule is NC(=O)C(O)CNC(=O)C1CC(=O)N(C2CCCC2)C1. The molecule has 0 radical (unpaired) electrons. The van der Waals surface area contributed by atoms with Gasteiger partial charge in [0.15, 0.2) is 0 Å². The first kappa shape index (κ1) is 14.8. The van der Waals surface area contributed by atoms with Crippen LogP contribution in [0.1, 0.15) is 32.1 Å². The van der Waals surface area contributed by atoms with Crippen LogP contribution in [0.4, 0.5) is 0 Å². The molecule has 1 saturated heterocycles. The lowest BCUT2D eigenvalue weighted by molar-refractivity contribution is -0.131.